The molecular weight excluding hydrogens is 440 g/mol. The maximum Gasteiger partial charge on any atom is 0.119 e. The molecule has 3 rings (SSSR count). The van der Waals surface area contributed by atoms with Crippen LogP contribution in [0.4, 0.5) is 0 Å². The Hall–Kier alpha value is -1.63. The van der Waals surface area contributed by atoms with Gasteiger partial charge in [-0.3, -0.25) is 0 Å². The van der Waals surface area contributed by atoms with Crippen LogP contribution in [0, 0.1) is 0 Å². The van der Waals surface area contributed by atoms with Gasteiger partial charge in [0.25, 0.3) is 0 Å². The van der Waals surface area contributed by atoms with Crippen LogP contribution in [0.1, 0.15) is 76.2 Å². The third-order valence-electron chi connectivity index (χ3n) is 4.88. The molecule has 0 saturated carbocycles. The maximum atomic E-state index is 10.0. The lowest BCUT2D eigenvalue weighted by Crippen LogP contribution is -2.33. The van der Waals surface area contributed by atoms with E-state index in [1.165, 1.54) is 6.42 Å². The fourth-order valence-corrected chi connectivity index (χ4v) is 3.53. The van der Waals surface area contributed by atoms with Gasteiger partial charge >= 0.3 is 0 Å². The number of rotatable bonds is 7. The molecule has 1 aliphatic heterocycles. The maximum absolute atomic E-state index is 10.0. The van der Waals surface area contributed by atoms with Crippen LogP contribution >= 0.6 is 11.6 Å². The van der Waals surface area contributed by atoms with Gasteiger partial charge in [-0.1, -0.05) is 63.1 Å². The van der Waals surface area contributed by atoms with Gasteiger partial charge in [0.2, 0.25) is 0 Å². The van der Waals surface area contributed by atoms with E-state index >= 15 is 0 Å². The molecule has 0 aromatic heterocycles. The average molecular weight is 481 g/mol. The molecule has 5 nitrogen and oxygen atoms in total. The van der Waals surface area contributed by atoms with Gasteiger partial charge in [-0.25, -0.2) is 0 Å². The van der Waals surface area contributed by atoms with Gasteiger partial charge < -0.3 is 24.8 Å². The second-order valence-electron chi connectivity index (χ2n) is 8.09. The van der Waals surface area contributed by atoms with E-state index in [4.69, 9.17) is 26.2 Å². The number of halogens is 1. The van der Waals surface area contributed by atoms with Crippen molar-refractivity contribution in [1.82, 2.24) is 0 Å². The summed E-state index contributed by atoms with van der Waals surface area (Å²) in [4.78, 5) is 0. The van der Waals surface area contributed by atoms with Gasteiger partial charge in [0.05, 0.1) is 31.5 Å². The number of hydrogen-bond donors (Lipinski definition) is 3. The summed E-state index contributed by atoms with van der Waals surface area (Å²) in [6.07, 6.45) is 2.82. The lowest BCUT2D eigenvalue weighted by Gasteiger charge is -2.32. The van der Waals surface area contributed by atoms with E-state index < -0.39 is 6.10 Å². The van der Waals surface area contributed by atoms with Crippen molar-refractivity contribution in [2.24, 2.45) is 0 Å². The zero-order valence-electron chi connectivity index (χ0n) is 20.5. The highest BCUT2D eigenvalue weighted by Crippen LogP contribution is 2.33. The van der Waals surface area contributed by atoms with E-state index in [2.05, 4.69) is 13.8 Å². The molecule has 6 heteroatoms. The number of aliphatic hydroxyl groups is 3. The average Bonchev–Trinajstić information content (AvgIpc) is 2.82. The van der Waals surface area contributed by atoms with Gasteiger partial charge in [-0.05, 0) is 54.7 Å². The second-order valence-corrected chi connectivity index (χ2v) is 8.50. The Balaban J connectivity index is 0.000000688. The highest BCUT2D eigenvalue weighted by Gasteiger charge is 2.29. The quantitative estimate of drug-likeness (QED) is 0.473. The smallest absolute Gasteiger partial charge is 0.119 e. The molecule has 33 heavy (non-hydrogen) atoms. The SMILES string of the molecule is CCC.CCCO.CCOc1ccc(Cc2cc(C3CC(O)CC(CO)O3)ccc2Cl)cc1. The molecule has 3 atom stereocenters. The molecule has 0 amide bonds. The highest BCUT2D eigenvalue weighted by molar-refractivity contribution is 6.31. The first-order valence-corrected chi connectivity index (χ1v) is 12.3. The van der Waals surface area contributed by atoms with Crippen LogP contribution in [0.3, 0.4) is 0 Å². The molecule has 1 fully saturated rings. The Bertz CT molecular complexity index is 764. The summed E-state index contributed by atoms with van der Waals surface area (Å²) >= 11 is 6.40. The molecule has 3 unspecified atom stereocenters. The van der Waals surface area contributed by atoms with Crippen molar-refractivity contribution >= 4 is 11.6 Å². The summed E-state index contributed by atoms with van der Waals surface area (Å²) in [6.45, 7) is 9.03. The van der Waals surface area contributed by atoms with E-state index in [1.54, 1.807) is 0 Å². The van der Waals surface area contributed by atoms with Gasteiger partial charge in [-0.2, -0.15) is 0 Å². The van der Waals surface area contributed by atoms with Gasteiger partial charge in [0.15, 0.2) is 0 Å². The van der Waals surface area contributed by atoms with E-state index in [0.29, 0.717) is 37.5 Å². The van der Waals surface area contributed by atoms with Crippen molar-refractivity contribution in [3.05, 3.63) is 64.2 Å². The lowest BCUT2D eigenvalue weighted by molar-refractivity contribution is -0.113. The van der Waals surface area contributed by atoms with E-state index in [9.17, 15) is 10.2 Å². The molecule has 2 aromatic rings. The number of benzene rings is 2. The summed E-state index contributed by atoms with van der Waals surface area (Å²) in [5.74, 6) is 0.857. The Labute approximate surface area is 204 Å². The third kappa shape index (κ3) is 10.9. The zero-order valence-corrected chi connectivity index (χ0v) is 21.2. The van der Waals surface area contributed by atoms with E-state index in [0.717, 1.165) is 28.9 Å². The van der Waals surface area contributed by atoms with Crippen LogP contribution in [0.5, 0.6) is 5.75 Å². The van der Waals surface area contributed by atoms with Gasteiger partial charge in [0, 0.05) is 24.5 Å². The standard InChI is InChI=1S/C21H25ClO4.C3H8O.C3H8/c1-2-25-18-6-3-14(4-7-18)9-16-10-15(5-8-20(16)22)21-12-17(24)11-19(13-23)26-21;1-2-3-4;1-3-2/h3-8,10,17,19,21,23-24H,2,9,11-13H2,1H3;4H,2-3H2,1H3;3H2,1-2H3. The van der Waals surface area contributed by atoms with Crippen molar-refractivity contribution in [2.75, 3.05) is 19.8 Å². The Kier molecular flexibility index (Phi) is 15.1. The number of ether oxygens (including phenoxy) is 2. The number of hydrogen-bond acceptors (Lipinski definition) is 5. The molecule has 1 saturated heterocycles. The largest absolute Gasteiger partial charge is 0.494 e. The molecule has 3 N–H and O–H groups in total. The van der Waals surface area contributed by atoms with Gasteiger partial charge in [-0.15, -0.1) is 0 Å². The van der Waals surface area contributed by atoms with E-state index in [-0.39, 0.29) is 18.8 Å². The summed E-state index contributed by atoms with van der Waals surface area (Å²) in [5, 5.41) is 28.0. The predicted molar refractivity (Wildman–Crippen MR) is 135 cm³/mol. The summed E-state index contributed by atoms with van der Waals surface area (Å²) < 4.78 is 11.4. The minimum atomic E-state index is -0.462. The normalized spacial score (nSPS) is 19.6. The van der Waals surface area contributed by atoms with Crippen molar-refractivity contribution in [2.45, 2.75) is 78.1 Å². The first-order valence-electron chi connectivity index (χ1n) is 12.0. The Morgan fingerprint density at radius 2 is 1.64 bits per heavy atom. The van der Waals surface area contributed by atoms with Crippen LogP contribution in [0.2, 0.25) is 5.02 Å². The Morgan fingerprint density at radius 1 is 1.00 bits per heavy atom. The minimum Gasteiger partial charge on any atom is -0.494 e. The summed E-state index contributed by atoms with van der Waals surface area (Å²) in [5.41, 5.74) is 3.13. The monoisotopic (exact) mass is 480 g/mol. The molecule has 0 radical (unpaired) electrons. The molecule has 186 valence electrons. The molecule has 0 spiro atoms. The fourth-order valence-electron chi connectivity index (χ4n) is 3.34. The molecule has 1 heterocycles. The van der Waals surface area contributed by atoms with Crippen LogP contribution in [-0.4, -0.2) is 47.3 Å². The Morgan fingerprint density at radius 3 is 2.18 bits per heavy atom. The second kappa shape index (κ2) is 16.9. The lowest BCUT2D eigenvalue weighted by atomic mass is 9.94. The first-order chi connectivity index (χ1) is 15.9. The van der Waals surface area contributed by atoms with Crippen molar-refractivity contribution in [1.29, 1.82) is 0 Å². The van der Waals surface area contributed by atoms with Crippen molar-refractivity contribution in [3.63, 3.8) is 0 Å². The van der Waals surface area contributed by atoms with Crippen LogP contribution < -0.4 is 4.74 Å². The topological polar surface area (TPSA) is 79.2 Å². The zero-order chi connectivity index (χ0) is 24.6. The minimum absolute atomic E-state index is 0.0831. The van der Waals surface area contributed by atoms with E-state index in [1.807, 2.05) is 56.3 Å². The third-order valence-corrected chi connectivity index (χ3v) is 5.24. The van der Waals surface area contributed by atoms with Crippen molar-refractivity contribution in [3.8, 4) is 5.75 Å². The van der Waals surface area contributed by atoms with Crippen LogP contribution in [0.15, 0.2) is 42.5 Å². The highest BCUT2D eigenvalue weighted by atomic mass is 35.5. The predicted octanol–water partition coefficient (Wildman–Crippen LogP) is 5.71. The van der Waals surface area contributed by atoms with Crippen LogP contribution in [0.25, 0.3) is 0 Å². The van der Waals surface area contributed by atoms with Crippen molar-refractivity contribution < 1.29 is 24.8 Å². The summed E-state index contributed by atoms with van der Waals surface area (Å²) in [6, 6.07) is 13.8. The molecule has 0 aliphatic carbocycles. The fraction of sp³-hybridized carbons (Fsp3) is 0.556. The molecule has 0 bridgehead atoms. The molecule has 1 aliphatic rings. The molecular formula is C27H41ClO5. The summed E-state index contributed by atoms with van der Waals surface area (Å²) in [7, 11) is 0. The first kappa shape index (κ1) is 29.4. The van der Waals surface area contributed by atoms with Crippen LogP contribution in [-0.2, 0) is 11.2 Å². The molecule has 2 aromatic carbocycles. The number of aliphatic hydroxyl groups excluding tert-OH is 3. The van der Waals surface area contributed by atoms with Gasteiger partial charge in [0.1, 0.15) is 5.75 Å².